The van der Waals surface area contributed by atoms with Crippen LogP contribution in [-0.4, -0.2) is 98.8 Å². The van der Waals surface area contributed by atoms with Gasteiger partial charge in [-0.05, 0) is 19.8 Å². The van der Waals surface area contributed by atoms with Gasteiger partial charge in [-0.3, -0.25) is 14.8 Å². The molecule has 5 aliphatic heterocycles. The Kier molecular flexibility index (Phi) is 6.26. The first kappa shape index (κ1) is 18.7. The van der Waals surface area contributed by atoms with Gasteiger partial charge in [0.25, 0.3) is 0 Å². The zero-order chi connectivity index (χ0) is 15.7. The number of hydrogen-bond acceptors (Lipinski definition) is 4. The normalized spacial score (nSPS) is 38.6. The van der Waals surface area contributed by atoms with Gasteiger partial charge in [-0.15, -0.1) is 24.0 Å². The van der Waals surface area contributed by atoms with Crippen molar-refractivity contribution in [1.82, 2.24) is 20.0 Å². The third-order valence-electron chi connectivity index (χ3n) is 6.10. The van der Waals surface area contributed by atoms with Crippen LogP contribution in [-0.2, 0) is 4.74 Å². The maximum atomic E-state index is 5.66. The summed E-state index contributed by atoms with van der Waals surface area (Å²) in [7, 11) is 0. The van der Waals surface area contributed by atoms with Crippen molar-refractivity contribution in [2.45, 2.75) is 25.8 Å². The van der Waals surface area contributed by atoms with E-state index in [4.69, 9.17) is 9.73 Å². The van der Waals surface area contributed by atoms with Crippen molar-refractivity contribution in [1.29, 1.82) is 0 Å². The molecule has 1 spiro atoms. The van der Waals surface area contributed by atoms with Gasteiger partial charge in [0.2, 0.25) is 0 Å². The average Bonchev–Trinajstić information content (AvgIpc) is 3.23. The quantitative estimate of drug-likeness (QED) is 0.390. The van der Waals surface area contributed by atoms with Crippen molar-refractivity contribution in [3.05, 3.63) is 0 Å². The second-order valence-corrected chi connectivity index (χ2v) is 7.66. The fourth-order valence-electron chi connectivity index (χ4n) is 4.60. The van der Waals surface area contributed by atoms with Gasteiger partial charge in [-0.25, -0.2) is 0 Å². The fraction of sp³-hybridized carbons (Fsp3) is 0.941. The van der Waals surface area contributed by atoms with Gasteiger partial charge >= 0.3 is 0 Å². The molecule has 5 rings (SSSR count). The lowest BCUT2D eigenvalue weighted by atomic mass is 9.87. The van der Waals surface area contributed by atoms with Crippen molar-refractivity contribution in [2.24, 2.45) is 10.4 Å². The monoisotopic (exact) mass is 449 g/mol. The predicted octanol–water partition coefficient (Wildman–Crippen LogP) is 0.682. The predicted molar refractivity (Wildman–Crippen MR) is 107 cm³/mol. The Morgan fingerprint density at radius 2 is 2.04 bits per heavy atom. The van der Waals surface area contributed by atoms with Crippen LogP contribution in [0.25, 0.3) is 0 Å². The molecular weight excluding hydrogens is 417 g/mol. The molecule has 0 saturated carbocycles. The molecule has 0 amide bonds. The van der Waals surface area contributed by atoms with Crippen LogP contribution in [0.15, 0.2) is 4.99 Å². The van der Waals surface area contributed by atoms with E-state index in [2.05, 4.69) is 26.9 Å². The highest BCUT2D eigenvalue weighted by Crippen LogP contribution is 2.38. The molecule has 7 heteroatoms. The lowest BCUT2D eigenvalue weighted by molar-refractivity contribution is 0.0173. The molecular formula is C17H32IN5O. The number of aliphatic imine (C=N–C) groups is 1. The van der Waals surface area contributed by atoms with E-state index in [9.17, 15) is 0 Å². The van der Waals surface area contributed by atoms with Gasteiger partial charge in [0.15, 0.2) is 5.96 Å². The van der Waals surface area contributed by atoms with E-state index >= 15 is 0 Å². The Hall–Kier alpha value is -0.120. The summed E-state index contributed by atoms with van der Waals surface area (Å²) in [6, 6.07) is 0.609. The number of hydrogen-bond donors (Lipinski definition) is 1. The minimum Gasteiger partial charge on any atom is -0.381 e. The molecule has 5 aliphatic rings. The lowest BCUT2D eigenvalue weighted by Crippen LogP contribution is -2.62. The number of rotatable bonds is 3. The summed E-state index contributed by atoms with van der Waals surface area (Å²) in [6.45, 7) is 14.3. The zero-order valence-electron chi connectivity index (χ0n) is 14.9. The van der Waals surface area contributed by atoms with Crippen LogP contribution >= 0.6 is 24.0 Å². The number of piperazine rings is 3. The first-order valence-electron chi connectivity index (χ1n) is 9.35. The van der Waals surface area contributed by atoms with E-state index in [0.29, 0.717) is 11.5 Å². The minimum absolute atomic E-state index is 0. The van der Waals surface area contributed by atoms with Crippen LogP contribution in [0.2, 0.25) is 0 Å². The number of guanidine groups is 1. The van der Waals surface area contributed by atoms with Crippen molar-refractivity contribution in [3.63, 3.8) is 0 Å². The highest BCUT2D eigenvalue weighted by atomic mass is 127. The van der Waals surface area contributed by atoms with Gasteiger partial charge in [-0.1, -0.05) is 0 Å². The first-order valence-corrected chi connectivity index (χ1v) is 9.35. The number of halogens is 1. The van der Waals surface area contributed by atoms with Crippen molar-refractivity contribution in [2.75, 3.05) is 72.1 Å². The second kappa shape index (κ2) is 8.05. The van der Waals surface area contributed by atoms with Crippen molar-refractivity contribution in [3.8, 4) is 0 Å². The molecule has 24 heavy (non-hydrogen) atoms. The average molecular weight is 449 g/mol. The Balaban J connectivity index is 0.00000169. The molecule has 0 aromatic rings. The third-order valence-corrected chi connectivity index (χ3v) is 6.10. The van der Waals surface area contributed by atoms with Crippen LogP contribution in [0.4, 0.5) is 0 Å². The SMILES string of the molecule is CCNC(=NCC1CN2CCN1CC2)N1CCC2(CCOC2)C1.I. The standard InChI is InChI=1S/C17H31N5O.HI/c1-2-18-16(22-5-3-17(13-22)4-10-23-14-17)19-11-15-12-20-6-8-21(15)9-7-20;/h15H,2-14H2,1H3,(H,18,19);1H. The van der Waals surface area contributed by atoms with Crippen LogP contribution in [0.5, 0.6) is 0 Å². The molecule has 5 heterocycles. The number of nitrogens with zero attached hydrogens (tertiary/aromatic N) is 4. The second-order valence-electron chi connectivity index (χ2n) is 7.66. The smallest absolute Gasteiger partial charge is 0.193 e. The van der Waals surface area contributed by atoms with E-state index in [-0.39, 0.29) is 24.0 Å². The van der Waals surface area contributed by atoms with E-state index in [1.54, 1.807) is 0 Å². The summed E-state index contributed by atoms with van der Waals surface area (Å²) in [5, 5.41) is 3.52. The summed E-state index contributed by atoms with van der Waals surface area (Å²) in [5.74, 6) is 1.12. The van der Waals surface area contributed by atoms with Crippen LogP contribution in [0.1, 0.15) is 19.8 Å². The van der Waals surface area contributed by atoms with E-state index in [1.165, 1.54) is 45.6 Å². The highest BCUT2D eigenvalue weighted by Gasteiger charge is 2.42. The fourth-order valence-corrected chi connectivity index (χ4v) is 4.60. The molecule has 5 fully saturated rings. The van der Waals surface area contributed by atoms with Crippen molar-refractivity contribution >= 4 is 29.9 Å². The first-order chi connectivity index (χ1) is 11.3. The molecule has 0 radical (unpaired) electrons. The Bertz CT molecular complexity index is 446. The number of fused-ring (bicyclic) bond motifs is 3. The molecule has 2 unspecified atom stereocenters. The number of ether oxygens (including phenoxy) is 1. The highest BCUT2D eigenvalue weighted by molar-refractivity contribution is 14.0. The van der Waals surface area contributed by atoms with Crippen LogP contribution in [0.3, 0.4) is 0 Å². The molecule has 0 aliphatic carbocycles. The van der Waals surface area contributed by atoms with Gasteiger partial charge in [-0.2, -0.15) is 0 Å². The summed E-state index contributed by atoms with van der Waals surface area (Å²) < 4.78 is 5.66. The summed E-state index contributed by atoms with van der Waals surface area (Å²) >= 11 is 0. The molecule has 6 nitrogen and oxygen atoms in total. The van der Waals surface area contributed by atoms with Gasteiger partial charge < -0.3 is 15.0 Å². The van der Waals surface area contributed by atoms with Crippen molar-refractivity contribution < 1.29 is 4.74 Å². The third kappa shape index (κ3) is 3.83. The zero-order valence-corrected chi connectivity index (χ0v) is 17.2. The Morgan fingerprint density at radius 3 is 2.67 bits per heavy atom. The van der Waals surface area contributed by atoms with E-state index in [0.717, 1.165) is 45.4 Å². The maximum absolute atomic E-state index is 5.66. The largest absolute Gasteiger partial charge is 0.381 e. The molecule has 0 aromatic carbocycles. The summed E-state index contributed by atoms with van der Waals surface area (Å²) in [5.41, 5.74) is 0.398. The lowest BCUT2D eigenvalue weighted by Gasteiger charge is -2.47. The number of nitrogens with one attached hydrogen (secondary N) is 1. The maximum Gasteiger partial charge on any atom is 0.193 e. The van der Waals surface area contributed by atoms with Gasteiger partial charge in [0, 0.05) is 70.4 Å². The molecule has 5 saturated heterocycles. The Morgan fingerprint density at radius 1 is 1.21 bits per heavy atom. The van der Waals surface area contributed by atoms with E-state index in [1.807, 2.05) is 0 Å². The van der Waals surface area contributed by atoms with Crippen LogP contribution < -0.4 is 5.32 Å². The molecule has 0 aromatic heterocycles. The summed E-state index contributed by atoms with van der Waals surface area (Å²) in [6.07, 6.45) is 2.47. The molecule has 138 valence electrons. The molecule has 1 N–H and O–H groups in total. The minimum atomic E-state index is 0. The molecule has 2 bridgehead atoms. The molecule has 2 atom stereocenters. The van der Waals surface area contributed by atoms with Gasteiger partial charge in [0.05, 0.1) is 13.2 Å². The number of likely N-dealkylation sites (tertiary alicyclic amines) is 1. The van der Waals surface area contributed by atoms with Crippen LogP contribution in [0, 0.1) is 5.41 Å². The van der Waals surface area contributed by atoms with Gasteiger partial charge in [0.1, 0.15) is 0 Å². The summed E-state index contributed by atoms with van der Waals surface area (Å²) in [4.78, 5) is 12.7. The Labute approximate surface area is 163 Å². The topological polar surface area (TPSA) is 43.3 Å². The van der Waals surface area contributed by atoms with E-state index < -0.39 is 0 Å².